The molecule has 0 aliphatic rings. The number of sulfonamides is 1. The lowest BCUT2D eigenvalue weighted by Crippen LogP contribution is -2.24. The van der Waals surface area contributed by atoms with E-state index in [0.29, 0.717) is 30.9 Å². The predicted molar refractivity (Wildman–Crippen MR) is 94.1 cm³/mol. The highest BCUT2D eigenvalue weighted by Gasteiger charge is 2.22. The molecule has 2 aromatic carbocycles. The molecular formula is C17H18F2N2O4S. The maximum absolute atomic E-state index is 13.8. The molecule has 2 rings (SSSR count). The molecule has 140 valence electrons. The van der Waals surface area contributed by atoms with Crippen LogP contribution in [0.3, 0.4) is 0 Å². The Balaban J connectivity index is 2.45. The first-order valence-electron chi connectivity index (χ1n) is 7.79. The fourth-order valence-corrected chi connectivity index (χ4v) is 3.64. The zero-order valence-corrected chi connectivity index (χ0v) is 15.0. The highest BCUT2D eigenvalue weighted by atomic mass is 32.2. The van der Waals surface area contributed by atoms with Crippen molar-refractivity contribution in [3.8, 4) is 0 Å². The summed E-state index contributed by atoms with van der Waals surface area (Å²) in [7, 11) is -4.42. The zero-order valence-electron chi connectivity index (χ0n) is 14.2. The van der Waals surface area contributed by atoms with Crippen LogP contribution in [-0.4, -0.2) is 32.6 Å². The van der Waals surface area contributed by atoms with Crippen LogP contribution < -0.4 is 9.62 Å². The minimum Gasteiger partial charge on any atom is -0.478 e. The minimum absolute atomic E-state index is 0.0676. The van der Waals surface area contributed by atoms with Gasteiger partial charge in [-0.2, -0.15) is 0 Å². The Morgan fingerprint density at radius 2 is 1.77 bits per heavy atom. The van der Waals surface area contributed by atoms with E-state index in [1.54, 1.807) is 4.90 Å². The minimum atomic E-state index is -4.42. The Labute approximate surface area is 150 Å². The molecule has 2 N–H and O–H groups in total. The number of carboxylic acids is 1. The summed E-state index contributed by atoms with van der Waals surface area (Å²) in [5.74, 6) is -3.25. The van der Waals surface area contributed by atoms with Crippen LogP contribution in [-0.2, 0) is 10.0 Å². The van der Waals surface area contributed by atoms with E-state index < -0.39 is 32.5 Å². The SMILES string of the molecule is CCN(CC)c1ccc(NS(=O)(=O)c2cc(F)ccc2F)cc1C(=O)O. The molecule has 0 amide bonds. The van der Waals surface area contributed by atoms with Crippen LogP contribution in [0.1, 0.15) is 24.2 Å². The molecule has 2 aromatic rings. The summed E-state index contributed by atoms with van der Waals surface area (Å²) in [6.45, 7) is 4.85. The van der Waals surface area contributed by atoms with E-state index in [1.807, 2.05) is 13.8 Å². The molecule has 26 heavy (non-hydrogen) atoms. The maximum atomic E-state index is 13.8. The number of halogens is 2. The first kappa shape index (κ1) is 19.6. The van der Waals surface area contributed by atoms with Gasteiger partial charge < -0.3 is 10.0 Å². The molecule has 0 radical (unpaired) electrons. The first-order chi connectivity index (χ1) is 12.2. The summed E-state index contributed by atoms with van der Waals surface area (Å²) < 4.78 is 53.7. The van der Waals surface area contributed by atoms with Gasteiger partial charge in [0.1, 0.15) is 16.5 Å². The van der Waals surface area contributed by atoms with Crippen molar-refractivity contribution in [1.29, 1.82) is 0 Å². The van der Waals surface area contributed by atoms with E-state index in [4.69, 9.17) is 0 Å². The van der Waals surface area contributed by atoms with Gasteiger partial charge in [-0.25, -0.2) is 22.0 Å². The van der Waals surface area contributed by atoms with Gasteiger partial charge >= 0.3 is 5.97 Å². The first-order valence-corrected chi connectivity index (χ1v) is 9.28. The average Bonchev–Trinajstić information content (AvgIpc) is 2.58. The van der Waals surface area contributed by atoms with Gasteiger partial charge in [-0.15, -0.1) is 0 Å². The molecule has 0 unspecified atom stereocenters. The van der Waals surface area contributed by atoms with Crippen LogP contribution in [0.2, 0.25) is 0 Å². The van der Waals surface area contributed by atoms with Crippen molar-refractivity contribution in [2.24, 2.45) is 0 Å². The number of benzene rings is 2. The largest absolute Gasteiger partial charge is 0.478 e. The van der Waals surface area contributed by atoms with E-state index in [0.717, 1.165) is 12.1 Å². The Kier molecular flexibility index (Phi) is 5.81. The topological polar surface area (TPSA) is 86.7 Å². The fourth-order valence-electron chi connectivity index (χ4n) is 2.50. The van der Waals surface area contributed by atoms with Gasteiger partial charge in [0.25, 0.3) is 10.0 Å². The molecule has 0 heterocycles. The second-order valence-corrected chi connectivity index (χ2v) is 7.04. The van der Waals surface area contributed by atoms with Crippen molar-refractivity contribution in [2.45, 2.75) is 18.7 Å². The van der Waals surface area contributed by atoms with E-state index in [2.05, 4.69) is 4.72 Å². The highest BCUT2D eigenvalue weighted by molar-refractivity contribution is 7.92. The van der Waals surface area contributed by atoms with E-state index in [-0.39, 0.29) is 11.3 Å². The third-order valence-corrected chi connectivity index (χ3v) is 5.16. The third kappa shape index (κ3) is 4.10. The Hall–Kier alpha value is -2.68. The van der Waals surface area contributed by atoms with Crippen molar-refractivity contribution in [1.82, 2.24) is 0 Å². The third-order valence-electron chi connectivity index (χ3n) is 3.77. The Bertz CT molecular complexity index is 928. The number of anilines is 2. The van der Waals surface area contributed by atoms with Gasteiger partial charge in [0.05, 0.1) is 11.3 Å². The molecule has 0 aliphatic carbocycles. The molecule has 0 saturated carbocycles. The molecule has 9 heteroatoms. The fraction of sp³-hybridized carbons (Fsp3) is 0.235. The van der Waals surface area contributed by atoms with Crippen LogP contribution in [0.5, 0.6) is 0 Å². The average molecular weight is 384 g/mol. The van der Waals surface area contributed by atoms with E-state index >= 15 is 0 Å². The van der Waals surface area contributed by atoms with Gasteiger partial charge in [-0.3, -0.25) is 4.72 Å². The monoisotopic (exact) mass is 384 g/mol. The van der Waals surface area contributed by atoms with Gasteiger partial charge in [0.2, 0.25) is 0 Å². The quantitative estimate of drug-likeness (QED) is 0.765. The molecular weight excluding hydrogens is 366 g/mol. The lowest BCUT2D eigenvalue weighted by Gasteiger charge is -2.23. The van der Waals surface area contributed by atoms with Crippen LogP contribution in [0.4, 0.5) is 20.2 Å². The molecule has 6 nitrogen and oxygen atoms in total. The van der Waals surface area contributed by atoms with E-state index in [9.17, 15) is 27.1 Å². The van der Waals surface area contributed by atoms with Crippen LogP contribution in [0.15, 0.2) is 41.3 Å². The predicted octanol–water partition coefficient (Wildman–Crippen LogP) is 3.31. The smallest absolute Gasteiger partial charge is 0.337 e. The summed E-state index contributed by atoms with van der Waals surface area (Å²) in [5, 5.41) is 9.41. The van der Waals surface area contributed by atoms with Crippen LogP contribution >= 0.6 is 0 Å². The lowest BCUT2D eigenvalue weighted by atomic mass is 10.1. The number of hydrogen-bond acceptors (Lipinski definition) is 4. The molecule has 0 saturated heterocycles. The normalized spacial score (nSPS) is 11.2. The van der Waals surface area contributed by atoms with Crippen LogP contribution in [0, 0.1) is 11.6 Å². The number of carbonyl (C=O) groups is 1. The number of nitrogens with one attached hydrogen (secondary N) is 1. The summed E-state index contributed by atoms with van der Waals surface area (Å²) in [5.41, 5.74) is 0.262. The molecule has 0 aliphatic heterocycles. The van der Waals surface area contributed by atoms with Crippen molar-refractivity contribution >= 4 is 27.4 Å². The van der Waals surface area contributed by atoms with Gasteiger partial charge in [-0.1, -0.05) is 0 Å². The van der Waals surface area contributed by atoms with Crippen molar-refractivity contribution in [2.75, 3.05) is 22.7 Å². The second kappa shape index (κ2) is 7.69. The van der Waals surface area contributed by atoms with Crippen molar-refractivity contribution in [3.05, 3.63) is 53.6 Å². The molecule has 0 fully saturated rings. The molecule has 0 atom stereocenters. The lowest BCUT2D eigenvalue weighted by molar-refractivity contribution is 0.0697. The van der Waals surface area contributed by atoms with Crippen molar-refractivity contribution < 1.29 is 27.1 Å². The Morgan fingerprint density at radius 1 is 1.12 bits per heavy atom. The number of hydrogen-bond donors (Lipinski definition) is 2. The number of carboxylic acid groups (broad SMARTS) is 1. The number of aromatic carboxylic acids is 1. The number of nitrogens with zero attached hydrogens (tertiary/aromatic N) is 1. The zero-order chi connectivity index (χ0) is 19.5. The van der Waals surface area contributed by atoms with Crippen LogP contribution in [0.25, 0.3) is 0 Å². The summed E-state index contributed by atoms with van der Waals surface area (Å²) in [4.78, 5) is 12.5. The van der Waals surface area contributed by atoms with Gasteiger partial charge in [-0.05, 0) is 50.2 Å². The van der Waals surface area contributed by atoms with Gasteiger partial charge in [0.15, 0.2) is 0 Å². The van der Waals surface area contributed by atoms with Crippen molar-refractivity contribution in [3.63, 3.8) is 0 Å². The maximum Gasteiger partial charge on any atom is 0.337 e. The molecule has 0 spiro atoms. The summed E-state index contributed by atoms with van der Waals surface area (Å²) in [6, 6.07) is 6.04. The highest BCUT2D eigenvalue weighted by Crippen LogP contribution is 2.26. The standard InChI is InChI=1S/C17H18F2N2O4S/c1-3-21(4-2)15-8-6-12(10-13(15)17(22)23)20-26(24,25)16-9-11(18)5-7-14(16)19/h5-10,20H,3-4H2,1-2H3,(H,22,23). The second-order valence-electron chi connectivity index (χ2n) is 5.39. The summed E-state index contributed by atoms with van der Waals surface area (Å²) in [6.07, 6.45) is 0. The summed E-state index contributed by atoms with van der Waals surface area (Å²) >= 11 is 0. The van der Waals surface area contributed by atoms with Gasteiger partial charge in [0, 0.05) is 18.8 Å². The van der Waals surface area contributed by atoms with E-state index in [1.165, 1.54) is 12.1 Å². The molecule has 0 bridgehead atoms. The number of rotatable bonds is 7. The Morgan fingerprint density at radius 3 is 2.35 bits per heavy atom. The molecule has 0 aromatic heterocycles.